The minimum absolute atomic E-state index is 0.654. The zero-order valence-electron chi connectivity index (χ0n) is 16.7. The van der Waals surface area contributed by atoms with Crippen LogP contribution >= 0.6 is 11.3 Å². The molecule has 0 amide bonds. The normalized spacial score (nSPS) is 11.3. The third-order valence-corrected chi connectivity index (χ3v) is 5.16. The number of benzene rings is 1. The zero-order valence-corrected chi connectivity index (χ0v) is 17.5. The molecule has 1 heterocycles. The Morgan fingerprint density at radius 3 is 2.74 bits per heavy atom. The summed E-state index contributed by atoms with van der Waals surface area (Å²) in [5.41, 5.74) is 1.10. The molecule has 0 radical (unpaired) electrons. The van der Waals surface area contributed by atoms with Crippen molar-refractivity contribution in [2.75, 3.05) is 27.3 Å². The molecule has 0 aliphatic heterocycles. The average molecular weight is 391 g/mol. The van der Waals surface area contributed by atoms with Crippen LogP contribution in [0.3, 0.4) is 0 Å². The van der Waals surface area contributed by atoms with Crippen molar-refractivity contribution in [1.29, 1.82) is 0 Å². The molecule has 7 heteroatoms. The van der Waals surface area contributed by atoms with Crippen LogP contribution < -0.4 is 20.1 Å². The Labute approximate surface area is 166 Å². The van der Waals surface area contributed by atoms with Gasteiger partial charge in [0.25, 0.3) is 0 Å². The first kappa shape index (κ1) is 21.0. The van der Waals surface area contributed by atoms with Crippen LogP contribution in [-0.4, -0.2) is 38.3 Å². The number of hydrogen-bond acceptors (Lipinski definition) is 5. The van der Waals surface area contributed by atoms with Gasteiger partial charge in [-0.05, 0) is 30.5 Å². The number of hydrogen-bond donors (Lipinski definition) is 2. The van der Waals surface area contributed by atoms with Gasteiger partial charge in [0.05, 0.1) is 18.7 Å². The van der Waals surface area contributed by atoms with E-state index < -0.39 is 0 Å². The van der Waals surface area contributed by atoms with E-state index in [1.165, 1.54) is 4.88 Å². The lowest BCUT2D eigenvalue weighted by Crippen LogP contribution is -2.37. The van der Waals surface area contributed by atoms with Crippen LogP contribution in [0.1, 0.15) is 35.7 Å². The number of aliphatic imine (C=N–C) groups is 1. The highest BCUT2D eigenvalue weighted by Crippen LogP contribution is 2.28. The van der Waals surface area contributed by atoms with Gasteiger partial charge in [0, 0.05) is 37.6 Å². The molecule has 0 bridgehead atoms. The Hall–Kier alpha value is -2.28. The summed E-state index contributed by atoms with van der Waals surface area (Å²) >= 11 is 1.78. The molecule has 6 nitrogen and oxygen atoms in total. The van der Waals surface area contributed by atoms with Crippen molar-refractivity contribution >= 4 is 17.3 Å². The summed E-state index contributed by atoms with van der Waals surface area (Å²) < 4.78 is 11.1. The molecule has 27 heavy (non-hydrogen) atoms. The molecule has 0 spiro atoms. The van der Waals surface area contributed by atoms with E-state index in [-0.39, 0.29) is 0 Å². The van der Waals surface area contributed by atoms with Gasteiger partial charge in [-0.3, -0.25) is 4.99 Å². The Kier molecular flexibility index (Phi) is 8.91. The van der Waals surface area contributed by atoms with Crippen molar-refractivity contribution in [2.45, 2.75) is 39.7 Å². The van der Waals surface area contributed by atoms with Gasteiger partial charge in [0.1, 0.15) is 0 Å². The third-order valence-electron chi connectivity index (χ3n) is 3.95. The first-order chi connectivity index (χ1) is 13.2. The molecular weight excluding hydrogens is 360 g/mol. The largest absolute Gasteiger partial charge is 0.493 e. The van der Waals surface area contributed by atoms with Crippen LogP contribution in [0, 0.1) is 0 Å². The van der Waals surface area contributed by atoms with Crippen LogP contribution in [0.25, 0.3) is 0 Å². The maximum atomic E-state index is 5.70. The van der Waals surface area contributed by atoms with Gasteiger partial charge in [0.2, 0.25) is 0 Å². The fourth-order valence-corrected chi connectivity index (χ4v) is 3.34. The maximum absolute atomic E-state index is 5.70. The van der Waals surface area contributed by atoms with Crippen LogP contribution in [0.2, 0.25) is 0 Å². The molecule has 0 atom stereocenters. The summed E-state index contributed by atoms with van der Waals surface area (Å²) in [6.45, 7) is 6.37. The summed E-state index contributed by atoms with van der Waals surface area (Å²) in [7, 11) is 3.44. The summed E-state index contributed by atoms with van der Waals surface area (Å²) in [5.74, 6) is 2.30. The van der Waals surface area contributed by atoms with Crippen LogP contribution in [-0.2, 0) is 19.4 Å². The number of ether oxygens (including phenoxy) is 2. The monoisotopic (exact) mass is 390 g/mol. The molecule has 0 fully saturated rings. The first-order valence-electron chi connectivity index (χ1n) is 9.37. The van der Waals surface area contributed by atoms with Gasteiger partial charge in [-0.15, -0.1) is 11.3 Å². The minimum atomic E-state index is 0.654. The predicted molar refractivity (Wildman–Crippen MR) is 112 cm³/mol. The lowest BCUT2D eigenvalue weighted by Gasteiger charge is -2.14. The molecule has 0 unspecified atom stereocenters. The van der Waals surface area contributed by atoms with Gasteiger partial charge in [-0.1, -0.05) is 19.9 Å². The molecule has 0 saturated heterocycles. The van der Waals surface area contributed by atoms with E-state index in [1.807, 2.05) is 24.4 Å². The highest BCUT2D eigenvalue weighted by molar-refractivity contribution is 7.11. The number of methoxy groups -OCH3 is 1. The molecule has 0 aliphatic rings. The van der Waals surface area contributed by atoms with E-state index in [0.29, 0.717) is 13.2 Å². The van der Waals surface area contributed by atoms with Gasteiger partial charge in [0.15, 0.2) is 17.5 Å². The SMILES string of the molecule is CCCOc1ccc(CNC(=NC)NCCc2ncc(CC)s2)cc1OC. The second-order valence-corrected chi connectivity index (χ2v) is 7.21. The van der Waals surface area contributed by atoms with Gasteiger partial charge >= 0.3 is 0 Å². The van der Waals surface area contributed by atoms with Gasteiger partial charge in [-0.25, -0.2) is 4.98 Å². The molecule has 0 saturated carbocycles. The number of rotatable bonds is 10. The first-order valence-corrected chi connectivity index (χ1v) is 10.2. The second-order valence-electron chi connectivity index (χ2n) is 6.01. The van der Waals surface area contributed by atoms with Crippen LogP contribution in [0.4, 0.5) is 0 Å². The minimum Gasteiger partial charge on any atom is -0.493 e. The molecular formula is C20H30N4O2S. The van der Waals surface area contributed by atoms with Crippen molar-refractivity contribution in [2.24, 2.45) is 4.99 Å². The number of guanidine groups is 1. The average Bonchev–Trinajstić information content (AvgIpc) is 3.17. The van der Waals surface area contributed by atoms with Crippen LogP contribution in [0.5, 0.6) is 11.5 Å². The number of aromatic nitrogens is 1. The van der Waals surface area contributed by atoms with E-state index in [2.05, 4.69) is 34.5 Å². The number of nitrogens with one attached hydrogen (secondary N) is 2. The lowest BCUT2D eigenvalue weighted by molar-refractivity contribution is 0.294. The predicted octanol–water partition coefficient (Wildman–Crippen LogP) is 3.41. The molecule has 1 aromatic heterocycles. The summed E-state index contributed by atoms with van der Waals surface area (Å²) in [6, 6.07) is 5.98. The molecule has 148 valence electrons. The highest BCUT2D eigenvalue weighted by atomic mass is 32.1. The van der Waals surface area contributed by atoms with Crippen molar-refractivity contribution < 1.29 is 9.47 Å². The van der Waals surface area contributed by atoms with E-state index >= 15 is 0 Å². The summed E-state index contributed by atoms with van der Waals surface area (Å²) in [5, 5.41) is 7.82. The third kappa shape index (κ3) is 6.75. The maximum Gasteiger partial charge on any atom is 0.191 e. The summed E-state index contributed by atoms with van der Waals surface area (Å²) in [6.07, 6.45) is 4.87. The lowest BCUT2D eigenvalue weighted by atomic mass is 10.2. The fraction of sp³-hybridized carbons (Fsp3) is 0.500. The topological polar surface area (TPSA) is 67.8 Å². The van der Waals surface area contributed by atoms with E-state index in [0.717, 1.165) is 53.8 Å². The Bertz CT molecular complexity index is 731. The second kappa shape index (κ2) is 11.4. The van der Waals surface area contributed by atoms with Gasteiger partial charge < -0.3 is 20.1 Å². The summed E-state index contributed by atoms with van der Waals surface area (Å²) in [4.78, 5) is 10.0. The molecule has 1 aromatic carbocycles. The molecule has 2 aromatic rings. The van der Waals surface area contributed by atoms with Crippen molar-refractivity contribution in [3.63, 3.8) is 0 Å². The number of thiazole rings is 1. The van der Waals surface area contributed by atoms with Gasteiger partial charge in [-0.2, -0.15) is 0 Å². The number of nitrogens with zero attached hydrogens (tertiary/aromatic N) is 2. The van der Waals surface area contributed by atoms with E-state index in [4.69, 9.17) is 9.47 Å². The Balaban J connectivity index is 1.82. The van der Waals surface area contributed by atoms with E-state index in [1.54, 1.807) is 25.5 Å². The van der Waals surface area contributed by atoms with Crippen molar-refractivity contribution in [3.8, 4) is 11.5 Å². The zero-order chi connectivity index (χ0) is 19.5. The Morgan fingerprint density at radius 2 is 2.07 bits per heavy atom. The molecule has 2 rings (SSSR count). The fourth-order valence-electron chi connectivity index (χ4n) is 2.47. The quantitative estimate of drug-likeness (QED) is 0.481. The number of aryl methyl sites for hydroxylation is 1. The molecule has 2 N–H and O–H groups in total. The molecule has 0 aliphatic carbocycles. The smallest absolute Gasteiger partial charge is 0.191 e. The van der Waals surface area contributed by atoms with Crippen LogP contribution in [0.15, 0.2) is 29.4 Å². The Morgan fingerprint density at radius 1 is 1.22 bits per heavy atom. The highest BCUT2D eigenvalue weighted by Gasteiger charge is 2.07. The van der Waals surface area contributed by atoms with E-state index in [9.17, 15) is 0 Å². The van der Waals surface area contributed by atoms with Crippen molar-refractivity contribution in [3.05, 3.63) is 39.8 Å². The van der Waals surface area contributed by atoms with Crippen molar-refractivity contribution in [1.82, 2.24) is 15.6 Å². The standard InChI is InChI=1S/C20H30N4O2S/c1-5-11-26-17-8-7-15(12-18(17)25-4)13-24-20(21-3)22-10-9-19-23-14-16(6-2)27-19/h7-8,12,14H,5-6,9-11,13H2,1-4H3,(H2,21,22,24).